The zero-order valence-corrected chi connectivity index (χ0v) is 19.5. The molecule has 1 N–H and O–H groups in total. The molecule has 8 nitrogen and oxygen atoms in total. The number of allylic oxidation sites excluding steroid dienone is 1. The number of aromatic nitrogens is 1. The third kappa shape index (κ3) is 4.28. The Hall–Kier alpha value is -4.38. The SMILES string of the molecule is Cc1nc(-c2cccc(NC(=O)CCC(=O)C(C#N)=C3N(C)c4ccccc4N3C)c2)oc1C. The Balaban J connectivity index is 1.43. The summed E-state index contributed by atoms with van der Waals surface area (Å²) < 4.78 is 5.66. The molecule has 34 heavy (non-hydrogen) atoms. The zero-order chi connectivity index (χ0) is 24.4. The van der Waals surface area contributed by atoms with Crippen LogP contribution in [0.3, 0.4) is 0 Å². The minimum Gasteiger partial charge on any atom is -0.441 e. The molecule has 0 spiro atoms. The number of carbonyl (C=O) groups excluding carboxylic acids is 2. The van der Waals surface area contributed by atoms with Crippen molar-refractivity contribution in [2.75, 3.05) is 29.2 Å². The Kier molecular flexibility index (Phi) is 6.19. The van der Waals surface area contributed by atoms with Gasteiger partial charge in [0.05, 0.1) is 17.1 Å². The number of hydrogen-bond donors (Lipinski definition) is 1. The molecule has 172 valence electrons. The minimum absolute atomic E-state index is 0.0330. The number of aryl methyl sites for hydroxylation is 2. The monoisotopic (exact) mass is 455 g/mol. The fourth-order valence-corrected chi connectivity index (χ4v) is 3.96. The number of para-hydroxylation sites is 2. The first-order valence-electron chi connectivity index (χ1n) is 10.9. The first-order chi connectivity index (χ1) is 16.3. The van der Waals surface area contributed by atoms with Gasteiger partial charge in [0, 0.05) is 38.2 Å². The number of oxazole rings is 1. The summed E-state index contributed by atoms with van der Waals surface area (Å²) in [7, 11) is 3.64. The Labute approximate surface area is 198 Å². The predicted molar refractivity (Wildman–Crippen MR) is 130 cm³/mol. The molecule has 0 atom stereocenters. The highest BCUT2D eigenvalue weighted by Gasteiger charge is 2.31. The maximum atomic E-state index is 12.9. The fourth-order valence-electron chi connectivity index (χ4n) is 3.96. The molecule has 0 saturated heterocycles. The summed E-state index contributed by atoms with van der Waals surface area (Å²) in [4.78, 5) is 33.5. The lowest BCUT2D eigenvalue weighted by atomic mass is 10.1. The van der Waals surface area contributed by atoms with Gasteiger partial charge in [0.1, 0.15) is 23.2 Å². The molecule has 0 fully saturated rings. The molecule has 0 aliphatic carbocycles. The molecule has 0 unspecified atom stereocenters. The number of Topliss-reactive ketones (excluding diaryl/α,β-unsaturated/α-hetero) is 1. The maximum absolute atomic E-state index is 12.9. The number of nitrogens with one attached hydrogen (secondary N) is 1. The van der Waals surface area contributed by atoms with Crippen molar-refractivity contribution in [3.63, 3.8) is 0 Å². The van der Waals surface area contributed by atoms with Gasteiger partial charge in [-0.1, -0.05) is 18.2 Å². The van der Waals surface area contributed by atoms with Crippen molar-refractivity contribution in [2.45, 2.75) is 26.7 Å². The van der Waals surface area contributed by atoms with E-state index in [2.05, 4.69) is 10.3 Å². The molecule has 1 aliphatic heterocycles. The van der Waals surface area contributed by atoms with E-state index in [9.17, 15) is 14.9 Å². The number of nitrogens with zero attached hydrogens (tertiary/aromatic N) is 4. The summed E-state index contributed by atoms with van der Waals surface area (Å²) in [6, 6.07) is 16.9. The quantitative estimate of drug-likeness (QED) is 0.429. The number of anilines is 3. The fraction of sp³-hybridized carbons (Fsp3) is 0.231. The number of hydrogen-bond acceptors (Lipinski definition) is 7. The van der Waals surface area contributed by atoms with Crippen LogP contribution in [0, 0.1) is 25.2 Å². The Morgan fingerprint density at radius 3 is 2.29 bits per heavy atom. The molecule has 0 bridgehead atoms. The van der Waals surface area contributed by atoms with Gasteiger partial charge < -0.3 is 19.5 Å². The van der Waals surface area contributed by atoms with Crippen LogP contribution in [0.5, 0.6) is 0 Å². The van der Waals surface area contributed by atoms with Gasteiger partial charge in [-0.25, -0.2) is 4.98 Å². The zero-order valence-electron chi connectivity index (χ0n) is 19.5. The predicted octanol–water partition coefficient (Wildman–Crippen LogP) is 4.57. The Bertz CT molecular complexity index is 1300. The number of amides is 1. The average molecular weight is 456 g/mol. The number of ketones is 1. The van der Waals surface area contributed by atoms with Crippen LogP contribution < -0.4 is 15.1 Å². The van der Waals surface area contributed by atoms with Crippen LogP contribution in [0.4, 0.5) is 17.1 Å². The van der Waals surface area contributed by atoms with E-state index in [0.717, 1.165) is 28.4 Å². The summed E-state index contributed by atoms with van der Waals surface area (Å²) in [5, 5.41) is 12.5. The van der Waals surface area contributed by atoms with E-state index in [4.69, 9.17) is 4.42 Å². The van der Waals surface area contributed by atoms with Crippen molar-refractivity contribution in [3.05, 3.63) is 71.4 Å². The van der Waals surface area contributed by atoms with Crippen molar-refractivity contribution in [3.8, 4) is 17.5 Å². The third-order valence-corrected chi connectivity index (χ3v) is 5.86. The van der Waals surface area contributed by atoms with E-state index < -0.39 is 0 Å². The first-order valence-corrected chi connectivity index (χ1v) is 10.9. The van der Waals surface area contributed by atoms with Crippen molar-refractivity contribution in [2.24, 2.45) is 0 Å². The summed E-state index contributed by atoms with van der Waals surface area (Å²) in [5.41, 5.74) is 3.99. The lowest BCUT2D eigenvalue weighted by Crippen LogP contribution is -2.26. The average Bonchev–Trinajstić information content (AvgIpc) is 3.30. The van der Waals surface area contributed by atoms with Crippen molar-refractivity contribution in [1.29, 1.82) is 5.26 Å². The highest BCUT2D eigenvalue weighted by Crippen LogP contribution is 2.40. The van der Waals surface area contributed by atoms with Gasteiger partial charge in [-0.2, -0.15) is 5.26 Å². The number of benzene rings is 2. The van der Waals surface area contributed by atoms with Crippen LogP contribution in [0.25, 0.3) is 11.5 Å². The molecule has 8 heteroatoms. The van der Waals surface area contributed by atoms with Gasteiger partial charge in [-0.3, -0.25) is 9.59 Å². The van der Waals surface area contributed by atoms with Crippen LogP contribution in [0.2, 0.25) is 0 Å². The number of fused-ring (bicyclic) bond motifs is 1. The van der Waals surface area contributed by atoms with Crippen LogP contribution in [-0.2, 0) is 9.59 Å². The van der Waals surface area contributed by atoms with Crippen LogP contribution in [-0.4, -0.2) is 30.8 Å². The van der Waals surface area contributed by atoms with Crippen molar-refractivity contribution >= 4 is 28.8 Å². The topological polar surface area (TPSA) is 102 Å². The van der Waals surface area contributed by atoms with Gasteiger partial charge in [0.15, 0.2) is 5.78 Å². The van der Waals surface area contributed by atoms with Crippen LogP contribution >= 0.6 is 0 Å². The standard InChI is InChI=1S/C26H25N5O3/c1-16-17(2)34-25(28-16)18-8-7-9-19(14-18)29-24(33)13-12-23(32)20(15-27)26-30(3)21-10-5-6-11-22(21)31(26)4/h5-11,14H,12-13H2,1-4H3,(H,29,33). The normalized spacial score (nSPS) is 12.4. The van der Waals surface area contributed by atoms with Gasteiger partial charge in [0.25, 0.3) is 0 Å². The Morgan fingerprint density at radius 1 is 1.03 bits per heavy atom. The van der Waals surface area contributed by atoms with Crippen molar-refractivity contribution < 1.29 is 14.0 Å². The summed E-state index contributed by atoms with van der Waals surface area (Å²) in [5.74, 6) is 1.05. The highest BCUT2D eigenvalue weighted by molar-refractivity contribution is 6.04. The second-order valence-corrected chi connectivity index (χ2v) is 8.13. The molecular weight excluding hydrogens is 430 g/mol. The summed E-state index contributed by atoms with van der Waals surface area (Å²) >= 11 is 0. The van der Waals surface area contributed by atoms with Gasteiger partial charge in [-0.05, 0) is 44.2 Å². The molecule has 1 aliphatic rings. The summed E-state index contributed by atoms with van der Waals surface area (Å²) in [6.07, 6.45) is -0.118. The second kappa shape index (κ2) is 9.24. The molecule has 2 aromatic carbocycles. The number of nitriles is 1. The maximum Gasteiger partial charge on any atom is 0.226 e. The van der Waals surface area contributed by atoms with E-state index in [1.54, 1.807) is 18.2 Å². The van der Waals surface area contributed by atoms with Gasteiger partial charge in [-0.15, -0.1) is 0 Å². The molecule has 0 saturated carbocycles. The van der Waals surface area contributed by atoms with E-state index in [0.29, 0.717) is 17.4 Å². The van der Waals surface area contributed by atoms with E-state index in [-0.39, 0.29) is 30.1 Å². The van der Waals surface area contributed by atoms with Gasteiger partial charge in [0.2, 0.25) is 11.8 Å². The van der Waals surface area contributed by atoms with E-state index >= 15 is 0 Å². The number of rotatable bonds is 6. The first kappa shape index (κ1) is 22.8. The molecule has 4 rings (SSSR count). The molecule has 3 aromatic rings. The highest BCUT2D eigenvalue weighted by atomic mass is 16.4. The molecule has 2 heterocycles. The second-order valence-electron chi connectivity index (χ2n) is 8.13. The Morgan fingerprint density at radius 2 is 1.71 bits per heavy atom. The van der Waals surface area contributed by atoms with E-state index in [1.807, 2.05) is 74.1 Å². The van der Waals surface area contributed by atoms with Crippen LogP contribution in [0.15, 0.2) is 64.3 Å². The van der Waals surface area contributed by atoms with E-state index in [1.165, 1.54) is 0 Å². The van der Waals surface area contributed by atoms with Crippen LogP contribution in [0.1, 0.15) is 24.3 Å². The largest absolute Gasteiger partial charge is 0.441 e. The molecular formula is C26H25N5O3. The van der Waals surface area contributed by atoms with Crippen molar-refractivity contribution in [1.82, 2.24) is 4.98 Å². The minimum atomic E-state index is -0.376. The smallest absolute Gasteiger partial charge is 0.226 e. The molecule has 1 amide bonds. The molecule has 1 aromatic heterocycles. The summed E-state index contributed by atoms with van der Waals surface area (Å²) in [6.45, 7) is 3.72. The lowest BCUT2D eigenvalue weighted by Gasteiger charge is -2.19. The van der Waals surface area contributed by atoms with Gasteiger partial charge >= 0.3 is 0 Å². The number of carbonyl (C=O) groups is 2. The molecule has 0 radical (unpaired) electrons. The lowest BCUT2D eigenvalue weighted by molar-refractivity contribution is -0.120. The third-order valence-electron chi connectivity index (χ3n) is 5.86.